The number of benzene rings is 3. The maximum Gasteiger partial charge on any atom is 0.297 e. The number of hydrogen-bond donors (Lipinski definition) is 0. The molecule has 0 saturated carbocycles. The Morgan fingerprint density at radius 3 is 2.42 bits per heavy atom. The van der Waals surface area contributed by atoms with Crippen molar-refractivity contribution in [2.45, 2.75) is 40.3 Å². The Hall–Kier alpha value is -4.50. The van der Waals surface area contributed by atoms with Crippen LogP contribution >= 0.6 is 11.3 Å². The van der Waals surface area contributed by atoms with Gasteiger partial charge in [-0.3, -0.25) is 14.5 Å². The minimum Gasteiger partial charge on any atom is -0.490 e. The molecule has 9 heteroatoms. The van der Waals surface area contributed by atoms with Crippen molar-refractivity contribution < 1.29 is 18.7 Å². The molecule has 6 rings (SSSR count). The minimum atomic E-state index is -0.778. The Labute approximate surface area is 234 Å². The van der Waals surface area contributed by atoms with E-state index < -0.39 is 11.9 Å². The molecule has 3 heterocycles. The van der Waals surface area contributed by atoms with Gasteiger partial charge in [0.25, 0.3) is 5.91 Å². The van der Waals surface area contributed by atoms with Crippen molar-refractivity contribution in [1.29, 1.82) is 0 Å². The largest absolute Gasteiger partial charge is 0.490 e. The number of rotatable bonds is 7. The van der Waals surface area contributed by atoms with Gasteiger partial charge in [0.2, 0.25) is 10.9 Å². The lowest BCUT2D eigenvalue weighted by Crippen LogP contribution is -2.29. The van der Waals surface area contributed by atoms with Gasteiger partial charge in [0, 0.05) is 0 Å². The summed E-state index contributed by atoms with van der Waals surface area (Å²) in [5, 5.41) is 9.89. The molecule has 5 aromatic rings. The number of carbonyl (C=O) groups excluding carboxylic acids is 1. The third kappa shape index (κ3) is 4.42. The van der Waals surface area contributed by atoms with Gasteiger partial charge in [0.05, 0.1) is 23.6 Å². The van der Waals surface area contributed by atoms with Gasteiger partial charge < -0.3 is 13.9 Å². The van der Waals surface area contributed by atoms with Crippen LogP contribution in [0.15, 0.2) is 69.9 Å². The van der Waals surface area contributed by atoms with Gasteiger partial charge in [0.15, 0.2) is 16.9 Å². The van der Waals surface area contributed by atoms with E-state index in [2.05, 4.69) is 10.2 Å². The Bertz CT molecular complexity index is 1810. The zero-order chi connectivity index (χ0) is 28.0. The fourth-order valence-corrected chi connectivity index (χ4v) is 5.66. The highest BCUT2D eigenvalue weighted by molar-refractivity contribution is 7.15. The average molecular weight is 554 g/mol. The van der Waals surface area contributed by atoms with Crippen molar-refractivity contribution in [1.82, 2.24) is 10.2 Å². The summed E-state index contributed by atoms with van der Waals surface area (Å²) >= 11 is 1.28. The van der Waals surface area contributed by atoms with E-state index in [1.165, 1.54) is 16.2 Å². The van der Waals surface area contributed by atoms with Crippen molar-refractivity contribution >= 4 is 33.3 Å². The quantitative estimate of drug-likeness (QED) is 0.234. The molecular formula is C31H27N3O5S. The third-order valence-corrected chi connectivity index (χ3v) is 7.87. The SMILES string of the molecule is CCOc1cc(C2c3c(oc4cc(C)c(C)cc4c3=O)C(=O)N2c2nnc(C)s2)ccc1OCc1ccccc1. The van der Waals surface area contributed by atoms with E-state index in [0.29, 0.717) is 51.4 Å². The molecule has 1 aliphatic heterocycles. The molecule has 0 fully saturated rings. The number of hydrogen-bond acceptors (Lipinski definition) is 8. The molecule has 0 saturated heterocycles. The van der Waals surface area contributed by atoms with Gasteiger partial charge in [-0.2, -0.15) is 0 Å². The molecule has 8 nitrogen and oxygen atoms in total. The van der Waals surface area contributed by atoms with Crippen molar-refractivity contribution in [3.8, 4) is 11.5 Å². The Morgan fingerprint density at radius 2 is 1.70 bits per heavy atom. The van der Waals surface area contributed by atoms with E-state index in [0.717, 1.165) is 16.7 Å². The molecule has 202 valence electrons. The summed E-state index contributed by atoms with van der Waals surface area (Å²) in [6.07, 6.45) is 0. The number of aryl methyl sites for hydroxylation is 3. The van der Waals surface area contributed by atoms with E-state index in [4.69, 9.17) is 13.9 Å². The molecule has 1 unspecified atom stereocenters. The van der Waals surface area contributed by atoms with Gasteiger partial charge in [0.1, 0.15) is 17.2 Å². The lowest BCUT2D eigenvalue weighted by atomic mass is 9.97. The first kappa shape index (κ1) is 25.8. The molecule has 2 aromatic heterocycles. The Morgan fingerprint density at radius 1 is 0.925 bits per heavy atom. The molecular weight excluding hydrogens is 526 g/mol. The van der Waals surface area contributed by atoms with Crippen molar-refractivity contribution in [2.75, 3.05) is 11.5 Å². The summed E-state index contributed by atoms with van der Waals surface area (Å²) in [6, 6.07) is 18.2. The average Bonchev–Trinajstić information content (AvgIpc) is 3.50. The van der Waals surface area contributed by atoms with Crippen LogP contribution in [0.4, 0.5) is 5.13 Å². The van der Waals surface area contributed by atoms with Gasteiger partial charge >= 0.3 is 0 Å². The normalized spacial score (nSPS) is 14.6. The predicted molar refractivity (Wildman–Crippen MR) is 154 cm³/mol. The van der Waals surface area contributed by atoms with Crippen LogP contribution < -0.4 is 19.8 Å². The van der Waals surface area contributed by atoms with Crippen LogP contribution in [0, 0.1) is 20.8 Å². The van der Waals surface area contributed by atoms with Gasteiger partial charge in [-0.15, -0.1) is 10.2 Å². The number of amides is 1. The lowest BCUT2D eigenvalue weighted by molar-refractivity contribution is 0.0970. The van der Waals surface area contributed by atoms with E-state index >= 15 is 0 Å². The lowest BCUT2D eigenvalue weighted by Gasteiger charge is -2.23. The number of carbonyl (C=O) groups is 1. The maximum absolute atomic E-state index is 14.0. The summed E-state index contributed by atoms with van der Waals surface area (Å²) in [5.41, 5.74) is 4.05. The predicted octanol–water partition coefficient (Wildman–Crippen LogP) is 6.30. The van der Waals surface area contributed by atoms with Crippen LogP contribution in [0.1, 0.15) is 56.3 Å². The third-order valence-electron chi connectivity index (χ3n) is 7.03. The van der Waals surface area contributed by atoms with Crippen LogP contribution in [0.25, 0.3) is 11.0 Å². The molecule has 40 heavy (non-hydrogen) atoms. The molecule has 0 spiro atoms. The van der Waals surface area contributed by atoms with Crippen LogP contribution in [0.2, 0.25) is 0 Å². The van der Waals surface area contributed by atoms with Gasteiger partial charge in [-0.1, -0.05) is 47.7 Å². The molecule has 0 N–H and O–H groups in total. The molecule has 1 aliphatic rings. The number of aromatic nitrogens is 2. The highest BCUT2D eigenvalue weighted by Gasteiger charge is 2.45. The zero-order valence-corrected chi connectivity index (χ0v) is 23.4. The molecule has 1 amide bonds. The van der Waals surface area contributed by atoms with Crippen molar-refractivity contribution in [3.05, 3.63) is 109 Å². The summed E-state index contributed by atoms with van der Waals surface area (Å²) in [4.78, 5) is 29.4. The molecule has 0 radical (unpaired) electrons. The number of nitrogens with zero attached hydrogens (tertiary/aromatic N) is 3. The second-order valence-electron chi connectivity index (χ2n) is 9.70. The van der Waals surface area contributed by atoms with Crippen LogP contribution in [0.5, 0.6) is 11.5 Å². The van der Waals surface area contributed by atoms with Crippen LogP contribution in [-0.2, 0) is 6.61 Å². The molecule has 0 aliphatic carbocycles. The maximum atomic E-state index is 14.0. The fourth-order valence-electron chi connectivity index (χ4n) is 4.94. The summed E-state index contributed by atoms with van der Waals surface area (Å²) in [5.74, 6) is 0.660. The van der Waals surface area contributed by atoms with E-state index in [1.807, 2.05) is 82.3 Å². The van der Waals surface area contributed by atoms with Crippen molar-refractivity contribution in [2.24, 2.45) is 0 Å². The zero-order valence-electron chi connectivity index (χ0n) is 22.6. The number of ether oxygens (including phenoxy) is 2. The highest BCUT2D eigenvalue weighted by atomic mass is 32.1. The fraction of sp³-hybridized carbons (Fsp3) is 0.226. The smallest absolute Gasteiger partial charge is 0.297 e. The second kappa shape index (κ2) is 10.2. The van der Waals surface area contributed by atoms with Gasteiger partial charge in [-0.25, -0.2) is 0 Å². The highest BCUT2D eigenvalue weighted by Crippen LogP contribution is 2.44. The van der Waals surface area contributed by atoms with Crippen LogP contribution in [0.3, 0.4) is 0 Å². The first-order valence-corrected chi connectivity index (χ1v) is 13.8. The Balaban J connectivity index is 1.50. The van der Waals surface area contributed by atoms with E-state index in [1.54, 1.807) is 6.07 Å². The summed E-state index contributed by atoms with van der Waals surface area (Å²) in [7, 11) is 0. The van der Waals surface area contributed by atoms with Gasteiger partial charge in [-0.05, 0) is 74.2 Å². The van der Waals surface area contributed by atoms with Crippen molar-refractivity contribution in [3.63, 3.8) is 0 Å². The topological polar surface area (TPSA) is 94.8 Å². The van der Waals surface area contributed by atoms with Crippen LogP contribution in [-0.4, -0.2) is 22.7 Å². The van der Waals surface area contributed by atoms with E-state index in [-0.39, 0.29) is 16.8 Å². The first-order chi connectivity index (χ1) is 19.4. The summed E-state index contributed by atoms with van der Waals surface area (Å²) in [6.45, 7) is 8.39. The minimum absolute atomic E-state index is 0.0148. The summed E-state index contributed by atoms with van der Waals surface area (Å²) < 4.78 is 18.2. The monoisotopic (exact) mass is 553 g/mol. The molecule has 0 bridgehead atoms. The molecule has 3 aromatic carbocycles. The standard InChI is InChI=1S/C31H27N3O5S/c1-5-37-25-15-21(11-12-23(25)38-16-20-9-7-6-8-10-20)27-26-28(35)22-13-17(2)18(3)14-24(22)39-29(26)30(36)34(27)31-33-32-19(4)40-31/h6-15,27H,5,16H2,1-4H3. The first-order valence-electron chi connectivity index (χ1n) is 13.0. The Kier molecular flexibility index (Phi) is 6.59. The second-order valence-corrected chi connectivity index (χ2v) is 10.9. The number of anilines is 1. The van der Waals surface area contributed by atoms with E-state index in [9.17, 15) is 9.59 Å². The molecule has 1 atom stereocenters. The number of fused-ring (bicyclic) bond motifs is 2.